The van der Waals surface area contributed by atoms with Crippen molar-refractivity contribution in [2.75, 3.05) is 6.54 Å². The number of unbranched alkanes of at least 4 members (excludes halogenated alkanes) is 5. The molecule has 0 radical (unpaired) electrons. The topological polar surface area (TPSA) is 26.0 Å². The number of hydrogen-bond donors (Lipinski definition) is 1. The monoisotopic (exact) mass is 221 g/mol. The summed E-state index contributed by atoms with van der Waals surface area (Å²) in [4.78, 5) is 0. The van der Waals surface area contributed by atoms with Crippen molar-refractivity contribution in [3.8, 4) is 0 Å². The van der Waals surface area contributed by atoms with E-state index >= 15 is 0 Å². The summed E-state index contributed by atoms with van der Waals surface area (Å²) >= 11 is 6.22. The van der Waals surface area contributed by atoms with Gasteiger partial charge in [-0.1, -0.05) is 45.2 Å². The lowest BCUT2D eigenvalue weighted by atomic mass is 10.1. The molecule has 0 bridgehead atoms. The van der Waals surface area contributed by atoms with E-state index < -0.39 is 7.38 Å². The molecule has 0 spiro atoms. The second-order valence-electron chi connectivity index (χ2n) is 4.38. The van der Waals surface area contributed by atoms with Crippen LogP contribution in [0.2, 0.25) is 19.1 Å². The Balaban J connectivity index is 3.00. The van der Waals surface area contributed by atoms with Crippen LogP contribution in [0.1, 0.15) is 38.5 Å². The lowest BCUT2D eigenvalue weighted by Gasteiger charge is -2.11. The smallest absolute Gasteiger partial charge is 0.150 e. The second-order valence-corrected chi connectivity index (χ2v) is 11.4. The third-order valence-electron chi connectivity index (χ3n) is 2.23. The Hall–Kier alpha value is 0.467. The molecule has 13 heavy (non-hydrogen) atoms. The van der Waals surface area contributed by atoms with Gasteiger partial charge >= 0.3 is 0 Å². The van der Waals surface area contributed by atoms with Crippen LogP contribution in [0.15, 0.2) is 0 Å². The van der Waals surface area contributed by atoms with Crippen LogP contribution in [0, 0.1) is 0 Å². The first-order valence-corrected chi connectivity index (χ1v) is 9.67. The maximum absolute atomic E-state index is 6.22. The minimum absolute atomic E-state index is 0.849. The highest BCUT2D eigenvalue weighted by atomic mass is 35.6. The van der Waals surface area contributed by atoms with Crippen LogP contribution in [0.25, 0.3) is 0 Å². The van der Waals surface area contributed by atoms with Crippen molar-refractivity contribution in [1.82, 2.24) is 0 Å². The molecule has 0 amide bonds. The minimum atomic E-state index is -1.28. The van der Waals surface area contributed by atoms with Gasteiger partial charge in [0.2, 0.25) is 0 Å². The van der Waals surface area contributed by atoms with Gasteiger partial charge in [0.25, 0.3) is 0 Å². The predicted octanol–water partition coefficient (Wildman–Crippen LogP) is 3.73. The normalized spacial score (nSPS) is 12.0. The van der Waals surface area contributed by atoms with Crippen LogP contribution in [-0.2, 0) is 0 Å². The third kappa shape index (κ3) is 12.5. The van der Waals surface area contributed by atoms with E-state index in [-0.39, 0.29) is 0 Å². The first-order chi connectivity index (χ1) is 6.06. The minimum Gasteiger partial charge on any atom is -0.330 e. The molecule has 0 aliphatic heterocycles. The van der Waals surface area contributed by atoms with Crippen molar-refractivity contribution >= 4 is 18.5 Å². The van der Waals surface area contributed by atoms with Gasteiger partial charge in [-0.25, -0.2) is 0 Å². The Labute approximate surface area is 88.8 Å². The molecule has 3 heteroatoms. The molecule has 0 heterocycles. The molecule has 1 nitrogen and oxygen atoms in total. The highest BCUT2D eigenvalue weighted by Gasteiger charge is 2.15. The van der Waals surface area contributed by atoms with E-state index in [1.807, 2.05) is 0 Å². The van der Waals surface area contributed by atoms with E-state index in [1.165, 1.54) is 44.6 Å². The van der Waals surface area contributed by atoms with Gasteiger partial charge in [-0.15, -0.1) is 0 Å². The van der Waals surface area contributed by atoms with E-state index in [0.717, 1.165) is 6.54 Å². The summed E-state index contributed by atoms with van der Waals surface area (Å²) < 4.78 is 0. The van der Waals surface area contributed by atoms with Gasteiger partial charge in [0.1, 0.15) is 7.38 Å². The summed E-state index contributed by atoms with van der Waals surface area (Å²) in [5.74, 6) is 0. The fourth-order valence-electron chi connectivity index (χ4n) is 1.40. The Morgan fingerprint density at radius 1 is 0.923 bits per heavy atom. The summed E-state index contributed by atoms with van der Waals surface area (Å²) in [6, 6.07) is 1.27. The largest absolute Gasteiger partial charge is 0.330 e. The van der Waals surface area contributed by atoms with Gasteiger partial charge in [-0.05, 0) is 19.0 Å². The molecule has 2 N–H and O–H groups in total. The van der Waals surface area contributed by atoms with Gasteiger partial charge < -0.3 is 5.73 Å². The van der Waals surface area contributed by atoms with E-state index in [0.29, 0.717) is 0 Å². The first kappa shape index (κ1) is 13.5. The van der Waals surface area contributed by atoms with E-state index in [2.05, 4.69) is 13.1 Å². The zero-order chi connectivity index (χ0) is 10.2. The fraction of sp³-hybridized carbons (Fsp3) is 1.00. The van der Waals surface area contributed by atoms with Crippen molar-refractivity contribution in [3.63, 3.8) is 0 Å². The zero-order valence-electron chi connectivity index (χ0n) is 9.11. The van der Waals surface area contributed by atoms with Crippen LogP contribution in [0.5, 0.6) is 0 Å². The second kappa shape index (κ2) is 7.83. The summed E-state index contributed by atoms with van der Waals surface area (Å²) in [6.07, 6.45) is 7.88. The van der Waals surface area contributed by atoms with Gasteiger partial charge in [0.05, 0.1) is 0 Å². The van der Waals surface area contributed by atoms with Crippen LogP contribution < -0.4 is 5.73 Å². The number of hydrogen-bond acceptors (Lipinski definition) is 1. The Kier molecular flexibility index (Phi) is 8.11. The Morgan fingerprint density at radius 3 is 1.85 bits per heavy atom. The molecule has 80 valence electrons. The number of halogens is 1. The number of rotatable bonds is 8. The van der Waals surface area contributed by atoms with Gasteiger partial charge in [0, 0.05) is 0 Å². The molecule has 0 aliphatic carbocycles. The molecular weight excluding hydrogens is 198 g/mol. The van der Waals surface area contributed by atoms with E-state index in [4.69, 9.17) is 16.8 Å². The first-order valence-electron chi connectivity index (χ1n) is 5.45. The molecule has 0 atom stereocenters. The lowest BCUT2D eigenvalue weighted by molar-refractivity contribution is 0.610. The van der Waals surface area contributed by atoms with Crippen molar-refractivity contribution in [3.05, 3.63) is 0 Å². The van der Waals surface area contributed by atoms with E-state index in [9.17, 15) is 0 Å². The quantitative estimate of drug-likeness (QED) is 0.377. The van der Waals surface area contributed by atoms with Crippen molar-refractivity contribution in [2.45, 2.75) is 57.7 Å². The van der Waals surface area contributed by atoms with Crippen LogP contribution in [0.4, 0.5) is 0 Å². The molecule has 0 rings (SSSR count). The van der Waals surface area contributed by atoms with Gasteiger partial charge in [-0.2, -0.15) is 11.1 Å². The van der Waals surface area contributed by atoms with Crippen LogP contribution in [-0.4, -0.2) is 13.9 Å². The summed E-state index contributed by atoms with van der Waals surface area (Å²) in [5.41, 5.74) is 5.41. The Morgan fingerprint density at radius 2 is 1.38 bits per heavy atom. The average molecular weight is 222 g/mol. The molecule has 0 aromatic rings. The highest BCUT2D eigenvalue weighted by Crippen LogP contribution is 2.18. The lowest BCUT2D eigenvalue weighted by Crippen LogP contribution is -2.14. The predicted molar refractivity (Wildman–Crippen MR) is 64.9 cm³/mol. The SMILES string of the molecule is C[Si](C)(Cl)CCCCCCCCN. The fourth-order valence-corrected chi connectivity index (χ4v) is 2.89. The van der Waals surface area contributed by atoms with Crippen molar-refractivity contribution in [2.24, 2.45) is 5.73 Å². The molecule has 0 aromatic heterocycles. The number of nitrogens with two attached hydrogens (primary N) is 1. The van der Waals surface area contributed by atoms with Gasteiger partial charge in [-0.3, -0.25) is 0 Å². The van der Waals surface area contributed by atoms with Crippen LogP contribution >= 0.6 is 11.1 Å². The molecule has 0 saturated heterocycles. The molecular formula is C10H24ClNSi. The molecule has 0 unspecified atom stereocenters. The van der Waals surface area contributed by atoms with Crippen molar-refractivity contribution in [1.29, 1.82) is 0 Å². The Bertz CT molecular complexity index is 112. The summed E-state index contributed by atoms with van der Waals surface area (Å²) in [6.45, 7) is 5.30. The highest BCUT2D eigenvalue weighted by molar-refractivity contribution is 7.19. The average Bonchev–Trinajstić information content (AvgIpc) is 2.01. The molecule has 0 saturated carbocycles. The summed E-state index contributed by atoms with van der Waals surface area (Å²) in [7, 11) is -1.28. The summed E-state index contributed by atoms with van der Waals surface area (Å²) in [5, 5.41) is 0. The van der Waals surface area contributed by atoms with Crippen molar-refractivity contribution < 1.29 is 0 Å². The molecule has 0 aliphatic rings. The molecule has 0 aromatic carbocycles. The standard InChI is InChI=1S/C10H24ClNSi/c1-13(2,11)10-8-6-4-3-5-7-9-12/h3-10,12H2,1-2H3. The maximum Gasteiger partial charge on any atom is 0.150 e. The van der Waals surface area contributed by atoms with Crippen LogP contribution in [0.3, 0.4) is 0 Å². The van der Waals surface area contributed by atoms with Gasteiger partial charge in [0.15, 0.2) is 0 Å². The zero-order valence-corrected chi connectivity index (χ0v) is 10.9. The maximum atomic E-state index is 6.22. The van der Waals surface area contributed by atoms with E-state index in [1.54, 1.807) is 0 Å². The molecule has 0 fully saturated rings. The third-order valence-corrected chi connectivity index (χ3v) is 4.33.